The summed E-state index contributed by atoms with van der Waals surface area (Å²) < 4.78 is 67.0. The zero-order valence-electron chi connectivity index (χ0n) is 24.9. The van der Waals surface area contributed by atoms with Gasteiger partial charge in [-0.3, -0.25) is 8.87 Å². The van der Waals surface area contributed by atoms with Gasteiger partial charge in [-0.05, 0) is 43.5 Å². The van der Waals surface area contributed by atoms with Crippen molar-refractivity contribution in [1.82, 2.24) is 19.5 Å². The Balaban J connectivity index is 1.63. The minimum Gasteiger partial charge on any atom is -0.383 e. The fraction of sp³-hybridized carbons (Fsp3) is 0.379. The van der Waals surface area contributed by atoms with Gasteiger partial charge in [0, 0.05) is 33.4 Å². The molecule has 16 heteroatoms. The first-order valence-electron chi connectivity index (χ1n) is 14.1. The third-order valence-electron chi connectivity index (χ3n) is 7.20. The van der Waals surface area contributed by atoms with Crippen LogP contribution in [-0.2, 0) is 19.5 Å². The average molecular weight is 642 g/mol. The Morgan fingerprint density at radius 3 is 2.60 bits per heavy atom. The molecule has 3 N–H and O–H groups in total. The molecule has 1 aromatic carbocycles. The Labute approximate surface area is 259 Å². The summed E-state index contributed by atoms with van der Waals surface area (Å²) in [6.45, 7) is 1.32. The molecule has 1 aliphatic heterocycles. The minimum atomic E-state index is -3.62. The lowest BCUT2D eigenvalue weighted by Gasteiger charge is -2.25. The van der Waals surface area contributed by atoms with Crippen molar-refractivity contribution < 1.29 is 26.7 Å². The second kappa shape index (κ2) is 13.6. The molecular formula is C29H33F2N9O4S. The first kappa shape index (κ1) is 31.8. The number of aromatic nitrogens is 4. The molecule has 45 heavy (non-hydrogen) atoms. The van der Waals surface area contributed by atoms with E-state index in [1.807, 2.05) is 0 Å². The van der Waals surface area contributed by atoms with Crippen LogP contribution in [0.5, 0.6) is 0 Å². The third-order valence-corrected chi connectivity index (χ3v) is 8.40. The van der Waals surface area contributed by atoms with Gasteiger partial charge in [-0.1, -0.05) is 12.1 Å². The van der Waals surface area contributed by atoms with E-state index < -0.39 is 28.5 Å². The van der Waals surface area contributed by atoms with Gasteiger partial charge in [0.1, 0.15) is 29.4 Å². The van der Waals surface area contributed by atoms with Crippen molar-refractivity contribution in [3.05, 3.63) is 54.0 Å². The number of ether oxygens (including phenoxy) is 2. The summed E-state index contributed by atoms with van der Waals surface area (Å²) in [6, 6.07) is 13.7. The number of hydrogen-bond acceptors (Lipinski definition) is 11. The van der Waals surface area contributed by atoms with Crippen LogP contribution in [0.1, 0.15) is 43.4 Å². The monoisotopic (exact) mass is 641 g/mol. The lowest BCUT2D eigenvalue weighted by atomic mass is 10.2. The van der Waals surface area contributed by atoms with Crippen LogP contribution in [0.25, 0.3) is 11.2 Å². The van der Waals surface area contributed by atoms with Crippen LogP contribution in [0.4, 0.5) is 43.2 Å². The van der Waals surface area contributed by atoms with Gasteiger partial charge in [0.25, 0.3) is 6.43 Å². The van der Waals surface area contributed by atoms with Gasteiger partial charge in [0.05, 0.1) is 35.6 Å². The Kier molecular flexibility index (Phi) is 9.61. The lowest BCUT2D eigenvalue weighted by molar-refractivity contribution is -0.0363. The highest BCUT2D eigenvalue weighted by Crippen LogP contribution is 2.38. The molecule has 0 aliphatic carbocycles. The smallest absolute Gasteiger partial charge is 0.295 e. The van der Waals surface area contributed by atoms with E-state index in [0.717, 1.165) is 23.4 Å². The molecule has 1 fully saturated rings. The van der Waals surface area contributed by atoms with E-state index in [9.17, 15) is 22.5 Å². The van der Waals surface area contributed by atoms with Gasteiger partial charge < -0.3 is 25.4 Å². The molecule has 4 heterocycles. The molecule has 238 valence electrons. The van der Waals surface area contributed by atoms with Gasteiger partial charge in [-0.15, -0.1) is 0 Å². The van der Waals surface area contributed by atoms with Crippen molar-refractivity contribution in [2.24, 2.45) is 0 Å². The lowest BCUT2D eigenvalue weighted by Crippen LogP contribution is -2.25. The number of para-hydroxylation sites is 2. The minimum absolute atomic E-state index is 0.133. The quantitative estimate of drug-likeness (QED) is 0.173. The van der Waals surface area contributed by atoms with E-state index in [1.165, 1.54) is 11.6 Å². The molecule has 3 aromatic heterocycles. The molecule has 0 saturated carbocycles. The number of nitriles is 1. The standard InChI is InChI=1S/C29H33F2N9O4S/c1-39(45(3,41)42)22-9-5-4-8-19(22)34-20-16-24(36-23-12-11-18(21(17-32)35-23)33-13-15-43-2)37-28-26(20)38-29(27(30)31)40(28)25-10-6-7-14-44-25/h4-5,8-9,11-12,16,25,27,33H,6-7,10,13-15H2,1-3H3,(H2,34,35,36,37). The Morgan fingerprint density at radius 2 is 1.91 bits per heavy atom. The number of alkyl halides is 2. The highest BCUT2D eigenvalue weighted by molar-refractivity contribution is 7.92. The highest BCUT2D eigenvalue weighted by atomic mass is 32.2. The zero-order valence-corrected chi connectivity index (χ0v) is 25.7. The molecular weight excluding hydrogens is 608 g/mol. The van der Waals surface area contributed by atoms with Crippen molar-refractivity contribution in [3.63, 3.8) is 0 Å². The molecule has 0 radical (unpaired) electrons. The number of nitrogens with one attached hydrogen (secondary N) is 3. The Hall–Kier alpha value is -4.59. The Bertz CT molecular complexity index is 1820. The van der Waals surface area contributed by atoms with E-state index >= 15 is 0 Å². The summed E-state index contributed by atoms with van der Waals surface area (Å²) in [5.74, 6) is 0.00337. The molecule has 0 spiro atoms. The summed E-state index contributed by atoms with van der Waals surface area (Å²) in [7, 11) is -0.630. The van der Waals surface area contributed by atoms with E-state index in [1.54, 1.807) is 49.6 Å². The largest absolute Gasteiger partial charge is 0.383 e. The normalized spacial score (nSPS) is 15.2. The number of sulfonamides is 1. The van der Waals surface area contributed by atoms with Gasteiger partial charge >= 0.3 is 0 Å². The molecule has 4 aromatic rings. The van der Waals surface area contributed by atoms with Crippen molar-refractivity contribution in [3.8, 4) is 6.07 Å². The van der Waals surface area contributed by atoms with Crippen molar-refractivity contribution in [1.29, 1.82) is 5.26 Å². The molecule has 0 amide bonds. The topological polar surface area (TPSA) is 159 Å². The molecule has 13 nitrogen and oxygen atoms in total. The van der Waals surface area contributed by atoms with E-state index in [0.29, 0.717) is 43.2 Å². The Morgan fingerprint density at radius 1 is 1.11 bits per heavy atom. The highest BCUT2D eigenvalue weighted by Gasteiger charge is 2.29. The molecule has 1 saturated heterocycles. The first-order valence-corrected chi connectivity index (χ1v) is 16.0. The van der Waals surface area contributed by atoms with E-state index in [4.69, 9.17) is 9.47 Å². The number of benzene rings is 1. The van der Waals surface area contributed by atoms with Crippen LogP contribution >= 0.6 is 0 Å². The van der Waals surface area contributed by atoms with Gasteiger partial charge in [-0.2, -0.15) is 5.26 Å². The second-order valence-electron chi connectivity index (χ2n) is 10.3. The van der Waals surface area contributed by atoms with Crippen LogP contribution in [0.15, 0.2) is 42.5 Å². The number of anilines is 6. The fourth-order valence-corrected chi connectivity index (χ4v) is 5.47. The number of fused-ring (bicyclic) bond motifs is 1. The fourth-order valence-electron chi connectivity index (χ4n) is 4.96. The SMILES string of the molecule is COCCNc1ccc(Nc2cc(Nc3ccccc3N(C)S(C)(=O)=O)c3nc(C(F)F)n(C4CCCCO4)c3n2)nc1C#N. The predicted octanol–water partition coefficient (Wildman–Crippen LogP) is 5.28. The van der Waals surface area contributed by atoms with Crippen molar-refractivity contribution in [2.75, 3.05) is 60.4 Å². The molecule has 1 unspecified atom stereocenters. The molecule has 1 aliphatic rings. The summed E-state index contributed by atoms with van der Waals surface area (Å²) in [5, 5.41) is 19.1. The van der Waals surface area contributed by atoms with Crippen LogP contribution in [0.3, 0.4) is 0 Å². The van der Waals surface area contributed by atoms with Crippen LogP contribution in [0.2, 0.25) is 0 Å². The summed E-state index contributed by atoms with van der Waals surface area (Å²) in [4.78, 5) is 13.4. The predicted molar refractivity (Wildman–Crippen MR) is 167 cm³/mol. The number of imidazole rings is 1. The van der Waals surface area contributed by atoms with Crippen LogP contribution in [-0.4, -0.2) is 68.1 Å². The second-order valence-corrected chi connectivity index (χ2v) is 12.3. The summed E-state index contributed by atoms with van der Waals surface area (Å²) in [6.07, 6.45) is -0.442. The molecule has 0 bridgehead atoms. The maximum absolute atomic E-state index is 14.4. The summed E-state index contributed by atoms with van der Waals surface area (Å²) in [5.41, 5.74) is 1.94. The van der Waals surface area contributed by atoms with Crippen molar-refractivity contribution >= 4 is 55.6 Å². The van der Waals surface area contributed by atoms with E-state index in [2.05, 4.69) is 37.0 Å². The van der Waals surface area contributed by atoms with Gasteiger partial charge in [0.15, 0.2) is 17.2 Å². The third kappa shape index (κ3) is 7.06. The average Bonchev–Trinajstić information content (AvgIpc) is 3.42. The van der Waals surface area contributed by atoms with Gasteiger partial charge in [0.2, 0.25) is 10.0 Å². The number of nitrogens with zero attached hydrogens (tertiary/aromatic N) is 6. The number of pyridine rings is 2. The number of halogens is 2. The van der Waals surface area contributed by atoms with Crippen LogP contribution in [0, 0.1) is 11.3 Å². The maximum Gasteiger partial charge on any atom is 0.295 e. The molecule has 5 rings (SSSR count). The number of hydrogen-bond donors (Lipinski definition) is 3. The zero-order chi connectivity index (χ0) is 32.1. The van der Waals surface area contributed by atoms with E-state index in [-0.39, 0.29) is 34.2 Å². The first-order chi connectivity index (χ1) is 21.6. The van der Waals surface area contributed by atoms with Crippen molar-refractivity contribution in [2.45, 2.75) is 31.9 Å². The summed E-state index contributed by atoms with van der Waals surface area (Å²) >= 11 is 0. The number of methoxy groups -OCH3 is 1. The molecule has 1 atom stereocenters. The van der Waals surface area contributed by atoms with Crippen LogP contribution < -0.4 is 20.3 Å². The maximum atomic E-state index is 14.4. The number of rotatable bonds is 12. The van der Waals surface area contributed by atoms with Gasteiger partial charge in [-0.25, -0.2) is 32.2 Å².